The molecular formula is C25H20N4O4S3. The molecule has 3 heterocycles. The molecule has 0 bridgehead atoms. The highest BCUT2D eigenvalue weighted by atomic mass is 32.2. The van der Waals surface area contributed by atoms with Gasteiger partial charge in [-0.05, 0) is 67.5 Å². The summed E-state index contributed by atoms with van der Waals surface area (Å²) in [7, 11) is 0. The van der Waals surface area contributed by atoms with E-state index in [0.717, 1.165) is 27.3 Å². The second kappa shape index (κ2) is 8.96. The van der Waals surface area contributed by atoms with Crippen molar-refractivity contribution in [2.75, 3.05) is 5.32 Å². The molecular weight excluding hydrogens is 517 g/mol. The maximum atomic E-state index is 12.7. The number of nitrogens with one attached hydrogen (secondary N) is 1. The Hall–Kier alpha value is -3.33. The van der Waals surface area contributed by atoms with Gasteiger partial charge < -0.3 is 9.84 Å². The highest BCUT2D eigenvalue weighted by molar-refractivity contribution is 7.38. The number of carbonyl (C=O) groups excluding carboxylic acids is 1. The minimum Gasteiger partial charge on any atom is -0.481 e. The number of anilines is 1. The molecule has 2 aliphatic rings. The summed E-state index contributed by atoms with van der Waals surface area (Å²) in [5.74, 6) is 5.67. The van der Waals surface area contributed by atoms with Gasteiger partial charge >= 0.3 is 12.1 Å². The third kappa shape index (κ3) is 4.36. The number of nitrogens with zero attached hydrogens (tertiary/aromatic N) is 3. The number of hydrogen-bond donors (Lipinski definition) is 2. The number of benzene rings is 1. The Morgan fingerprint density at radius 1 is 1.17 bits per heavy atom. The van der Waals surface area contributed by atoms with Gasteiger partial charge in [0.2, 0.25) is 0 Å². The summed E-state index contributed by atoms with van der Waals surface area (Å²) in [6.45, 7) is 1.83. The van der Waals surface area contributed by atoms with Gasteiger partial charge in [0.15, 0.2) is 16.3 Å². The first-order valence-corrected chi connectivity index (χ1v) is 13.9. The van der Waals surface area contributed by atoms with E-state index in [2.05, 4.69) is 31.5 Å². The average molecular weight is 537 g/mol. The molecule has 1 amide bonds. The molecule has 2 N–H and O–H groups in total. The summed E-state index contributed by atoms with van der Waals surface area (Å²) in [5, 5.41) is 13.6. The Kier molecular flexibility index (Phi) is 5.75. The van der Waals surface area contributed by atoms with Crippen molar-refractivity contribution in [3.05, 3.63) is 56.5 Å². The van der Waals surface area contributed by atoms with Crippen molar-refractivity contribution < 1.29 is 19.4 Å². The smallest absolute Gasteiger partial charge is 0.412 e. The van der Waals surface area contributed by atoms with Crippen molar-refractivity contribution in [1.29, 1.82) is 0 Å². The van der Waals surface area contributed by atoms with Crippen LogP contribution in [0.25, 0.3) is 9.66 Å². The molecule has 8 nitrogen and oxygen atoms in total. The predicted octanol–water partition coefficient (Wildman–Crippen LogP) is 5.91. The van der Waals surface area contributed by atoms with Crippen LogP contribution in [0.4, 0.5) is 10.5 Å². The van der Waals surface area contributed by atoms with Gasteiger partial charge in [0.05, 0.1) is 10.6 Å². The maximum Gasteiger partial charge on any atom is 0.412 e. The summed E-state index contributed by atoms with van der Waals surface area (Å²) in [6, 6.07) is 9.56. The van der Waals surface area contributed by atoms with Crippen molar-refractivity contribution in [3.63, 3.8) is 0 Å². The lowest BCUT2D eigenvalue weighted by atomic mass is 10.1. The standard InChI is InChI=1S/C25H20N4O4S3/c1-13(14-5-3-2-4-6-14)33-24(32)27-18-16(29-36-19(18)15-7-8-15)9-10-17-26-20-21(34-17)35-22(28-20)25(11-12-25)23(30)31/h2-6,13,15H,7-8,11-12H2,1H3,(H,27,32)(H,30,31). The van der Waals surface area contributed by atoms with E-state index >= 15 is 0 Å². The van der Waals surface area contributed by atoms with E-state index in [0.29, 0.717) is 45.8 Å². The zero-order valence-corrected chi connectivity index (χ0v) is 21.6. The summed E-state index contributed by atoms with van der Waals surface area (Å²) in [5.41, 5.74) is 1.71. The van der Waals surface area contributed by atoms with Crippen LogP contribution in [0.15, 0.2) is 30.3 Å². The van der Waals surface area contributed by atoms with Crippen LogP contribution in [0.1, 0.15) is 70.8 Å². The van der Waals surface area contributed by atoms with E-state index in [1.807, 2.05) is 37.3 Å². The van der Waals surface area contributed by atoms with Crippen LogP contribution in [0, 0.1) is 11.8 Å². The molecule has 4 aromatic rings. The minimum atomic E-state index is -0.829. The number of hydrogen-bond acceptors (Lipinski definition) is 9. The van der Waals surface area contributed by atoms with Gasteiger partial charge in [-0.3, -0.25) is 10.1 Å². The zero-order valence-electron chi connectivity index (χ0n) is 19.1. The molecule has 3 aromatic heterocycles. The Morgan fingerprint density at radius 3 is 2.61 bits per heavy atom. The fourth-order valence-corrected chi connectivity index (χ4v) is 7.03. The minimum absolute atomic E-state index is 0.386. The van der Waals surface area contributed by atoms with Crippen LogP contribution in [0.3, 0.4) is 0 Å². The van der Waals surface area contributed by atoms with Crippen molar-refractivity contribution >= 4 is 61.6 Å². The van der Waals surface area contributed by atoms with E-state index in [9.17, 15) is 14.7 Å². The highest BCUT2D eigenvalue weighted by Gasteiger charge is 2.54. The largest absolute Gasteiger partial charge is 0.481 e. The predicted molar refractivity (Wildman–Crippen MR) is 139 cm³/mol. The maximum absolute atomic E-state index is 12.7. The number of rotatable bonds is 6. The Bertz CT molecular complexity index is 1510. The molecule has 0 spiro atoms. The van der Waals surface area contributed by atoms with Crippen LogP contribution >= 0.6 is 34.2 Å². The molecule has 0 aliphatic heterocycles. The fourth-order valence-electron chi connectivity index (χ4n) is 3.87. The Morgan fingerprint density at radius 2 is 1.94 bits per heavy atom. The lowest BCUT2D eigenvalue weighted by molar-refractivity contribution is -0.140. The quantitative estimate of drug-likeness (QED) is 0.294. The van der Waals surface area contributed by atoms with Crippen LogP contribution in [-0.4, -0.2) is 31.5 Å². The van der Waals surface area contributed by atoms with Crippen LogP contribution in [0.2, 0.25) is 0 Å². The first-order chi connectivity index (χ1) is 17.4. The van der Waals surface area contributed by atoms with Crippen LogP contribution < -0.4 is 5.32 Å². The molecule has 2 aliphatic carbocycles. The topological polar surface area (TPSA) is 114 Å². The van der Waals surface area contributed by atoms with Gasteiger partial charge in [-0.25, -0.2) is 14.8 Å². The second-order valence-corrected chi connectivity index (χ2v) is 12.0. The Balaban J connectivity index is 1.21. The van der Waals surface area contributed by atoms with Gasteiger partial charge in [-0.2, -0.15) is 4.37 Å². The SMILES string of the molecule is CC(OC(=O)Nc1c(C#Cc2nc3nc(C4(C(=O)O)CC4)sc3s2)nsc1C1CC1)c1ccccc1. The third-order valence-corrected chi connectivity index (χ3v) is 9.59. The molecule has 2 fully saturated rings. The van der Waals surface area contributed by atoms with Crippen LogP contribution in [-0.2, 0) is 14.9 Å². The molecule has 2 saturated carbocycles. The number of thiazole rings is 2. The zero-order chi connectivity index (χ0) is 24.9. The van der Waals surface area contributed by atoms with Gasteiger partial charge in [-0.1, -0.05) is 41.7 Å². The number of carboxylic acid groups (broad SMARTS) is 1. The van der Waals surface area contributed by atoms with Gasteiger partial charge in [-0.15, -0.1) is 11.3 Å². The average Bonchev–Trinajstić information content (AvgIpc) is 3.76. The molecule has 1 unspecified atom stereocenters. The number of ether oxygens (including phenoxy) is 1. The first kappa shape index (κ1) is 23.1. The number of aliphatic carboxylic acids is 1. The first-order valence-electron chi connectivity index (χ1n) is 11.5. The van der Waals surface area contributed by atoms with E-state index < -0.39 is 23.6 Å². The molecule has 36 heavy (non-hydrogen) atoms. The fraction of sp³-hybridized carbons (Fsp3) is 0.320. The van der Waals surface area contributed by atoms with Crippen LogP contribution in [0.5, 0.6) is 0 Å². The summed E-state index contributed by atoms with van der Waals surface area (Å²) < 4.78 is 10.9. The molecule has 6 rings (SSSR count). The number of carboxylic acids is 1. The lowest BCUT2D eigenvalue weighted by Gasteiger charge is -2.14. The number of fused-ring (bicyclic) bond motifs is 1. The van der Waals surface area contributed by atoms with E-state index in [1.54, 1.807) is 0 Å². The van der Waals surface area contributed by atoms with Gasteiger partial charge in [0.25, 0.3) is 0 Å². The summed E-state index contributed by atoms with van der Waals surface area (Å²) >= 11 is 4.12. The van der Waals surface area contributed by atoms with Gasteiger partial charge in [0, 0.05) is 0 Å². The molecule has 1 aromatic carbocycles. The molecule has 0 saturated heterocycles. The van der Waals surface area contributed by atoms with Crippen molar-refractivity contribution in [2.24, 2.45) is 0 Å². The lowest BCUT2D eigenvalue weighted by Crippen LogP contribution is -2.18. The molecule has 1 atom stereocenters. The normalized spacial score (nSPS) is 16.7. The molecule has 11 heteroatoms. The second-order valence-electron chi connectivity index (χ2n) is 8.91. The van der Waals surface area contributed by atoms with E-state index in [-0.39, 0.29) is 0 Å². The van der Waals surface area contributed by atoms with Crippen molar-refractivity contribution in [2.45, 2.75) is 50.0 Å². The summed E-state index contributed by atoms with van der Waals surface area (Å²) in [6.07, 6.45) is 2.42. The summed E-state index contributed by atoms with van der Waals surface area (Å²) in [4.78, 5) is 34.3. The number of carbonyl (C=O) groups is 2. The van der Waals surface area contributed by atoms with E-state index in [1.165, 1.54) is 34.2 Å². The third-order valence-electron chi connectivity index (χ3n) is 6.28. The monoisotopic (exact) mass is 536 g/mol. The van der Waals surface area contributed by atoms with E-state index in [4.69, 9.17) is 4.74 Å². The van der Waals surface area contributed by atoms with Crippen molar-refractivity contribution in [1.82, 2.24) is 14.3 Å². The molecule has 0 radical (unpaired) electrons. The number of amides is 1. The van der Waals surface area contributed by atoms with Crippen molar-refractivity contribution in [3.8, 4) is 11.8 Å². The number of aromatic nitrogens is 3. The highest BCUT2D eigenvalue weighted by Crippen LogP contribution is 2.51. The molecule has 182 valence electrons. The van der Waals surface area contributed by atoms with Gasteiger partial charge in [0.1, 0.15) is 20.5 Å². The Labute approximate surface area is 218 Å².